The van der Waals surface area contributed by atoms with Crippen molar-refractivity contribution in [3.8, 4) is 16.9 Å². The second-order valence-electron chi connectivity index (χ2n) is 4.07. The Morgan fingerprint density at radius 2 is 2.00 bits per heavy atom. The lowest BCUT2D eigenvalue weighted by Gasteiger charge is -2.08. The summed E-state index contributed by atoms with van der Waals surface area (Å²) in [5, 5.41) is 20.7. The van der Waals surface area contributed by atoms with E-state index in [1.807, 2.05) is 13.8 Å². The third-order valence-corrected chi connectivity index (χ3v) is 2.73. The smallest absolute Gasteiger partial charge is 0.318 e. The highest BCUT2D eigenvalue weighted by molar-refractivity contribution is 5.79. The molecule has 0 fully saturated rings. The first-order valence-electron chi connectivity index (χ1n) is 5.40. The first kappa shape index (κ1) is 12.0. The molecule has 0 aliphatic carbocycles. The van der Waals surface area contributed by atoms with Crippen LogP contribution in [0.1, 0.15) is 11.3 Å². The number of hydrogen-bond donors (Lipinski definition) is 1. The first-order chi connectivity index (χ1) is 8.50. The molecule has 0 radical (unpaired) electrons. The van der Waals surface area contributed by atoms with E-state index in [0.29, 0.717) is 11.1 Å². The van der Waals surface area contributed by atoms with Crippen LogP contribution in [0.15, 0.2) is 30.5 Å². The number of rotatable bonds is 2. The molecule has 1 aromatic heterocycles. The van der Waals surface area contributed by atoms with E-state index in [9.17, 15) is 15.2 Å². The summed E-state index contributed by atoms with van der Waals surface area (Å²) in [7, 11) is 0. The fraction of sp³-hybridized carbons (Fsp3) is 0.154. The zero-order valence-electron chi connectivity index (χ0n) is 10.0. The number of nitro benzene ring substituents is 1. The van der Waals surface area contributed by atoms with Gasteiger partial charge in [0.25, 0.3) is 0 Å². The number of benzene rings is 1. The van der Waals surface area contributed by atoms with Gasteiger partial charge in [-0.3, -0.25) is 15.1 Å². The van der Waals surface area contributed by atoms with E-state index < -0.39 is 4.92 Å². The van der Waals surface area contributed by atoms with Crippen LogP contribution >= 0.6 is 0 Å². The Hall–Kier alpha value is -2.43. The van der Waals surface area contributed by atoms with Crippen molar-refractivity contribution in [3.63, 3.8) is 0 Å². The SMILES string of the molecule is Cc1cc(-c2cccc(O)c2[N+](=O)[O-])c(C)cn1. The maximum absolute atomic E-state index is 11.0. The number of phenolic OH excluding ortho intramolecular Hbond substituents is 1. The van der Waals surface area contributed by atoms with Gasteiger partial charge in [0.15, 0.2) is 5.75 Å². The molecule has 0 unspecified atom stereocenters. The van der Waals surface area contributed by atoms with Gasteiger partial charge >= 0.3 is 5.69 Å². The van der Waals surface area contributed by atoms with Gasteiger partial charge in [-0.25, -0.2) is 0 Å². The number of nitrogens with zero attached hydrogens (tertiary/aromatic N) is 2. The minimum atomic E-state index is -0.570. The van der Waals surface area contributed by atoms with E-state index in [0.717, 1.165) is 11.3 Å². The predicted octanol–water partition coefficient (Wildman–Crippen LogP) is 2.98. The Labute approximate surface area is 104 Å². The standard InChI is InChI=1S/C13H12N2O3/c1-8-7-14-9(2)6-11(8)10-4-3-5-12(16)13(10)15(17)18/h3-7,16H,1-2H3. The van der Waals surface area contributed by atoms with Crippen molar-refractivity contribution < 1.29 is 10.0 Å². The molecular weight excluding hydrogens is 232 g/mol. The summed E-state index contributed by atoms with van der Waals surface area (Å²) in [4.78, 5) is 14.6. The molecule has 0 atom stereocenters. The Balaban J connectivity index is 2.75. The lowest BCUT2D eigenvalue weighted by Crippen LogP contribution is -1.95. The lowest BCUT2D eigenvalue weighted by atomic mass is 9.99. The van der Waals surface area contributed by atoms with Gasteiger partial charge in [-0.2, -0.15) is 0 Å². The van der Waals surface area contributed by atoms with Crippen LogP contribution in [0.5, 0.6) is 5.75 Å². The summed E-state index contributed by atoms with van der Waals surface area (Å²) in [6, 6.07) is 6.30. The number of hydrogen-bond acceptors (Lipinski definition) is 4. The second-order valence-corrected chi connectivity index (χ2v) is 4.07. The van der Waals surface area contributed by atoms with Crippen LogP contribution in [0.2, 0.25) is 0 Å². The van der Waals surface area contributed by atoms with Gasteiger partial charge in [0.2, 0.25) is 0 Å². The molecule has 0 spiro atoms. The summed E-state index contributed by atoms with van der Waals surface area (Å²) < 4.78 is 0. The van der Waals surface area contributed by atoms with Crippen molar-refractivity contribution in [2.75, 3.05) is 0 Å². The second kappa shape index (κ2) is 4.44. The molecule has 5 heteroatoms. The third-order valence-electron chi connectivity index (χ3n) is 2.73. The van der Waals surface area contributed by atoms with Gasteiger partial charge in [0, 0.05) is 11.9 Å². The van der Waals surface area contributed by atoms with E-state index >= 15 is 0 Å². The normalized spacial score (nSPS) is 10.3. The summed E-state index contributed by atoms with van der Waals surface area (Å²) in [5.74, 6) is -0.327. The Bertz CT molecular complexity index is 624. The molecule has 2 aromatic rings. The van der Waals surface area contributed by atoms with Crippen molar-refractivity contribution >= 4 is 5.69 Å². The summed E-state index contributed by atoms with van der Waals surface area (Å²) in [6.45, 7) is 3.65. The van der Waals surface area contributed by atoms with Crippen LogP contribution in [0.25, 0.3) is 11.1 Å². The Morgan fingerprint density at radius 3 is 2.67 bits per heavy atom. The Kier molecular flexibility index (Phi) is 2.97. The monoisotopic (exact) mass is 244 g/mol. The highest BCUT2D eigenvalue weighted by Crippen LogP contribution is 2.38. The van der Waals surface area contributed by atoms with E-state index in [1.165, 1.54) is 6.07 Å². The van der Waals surface area contributed by atoms with Crippen LogP contribution in [0.3, 0.4) is 0 Å². The average molecular weight is 244 g/mol. The van der Waals surface area contributed by atoms with Crippen molar-refractivity contribution in [1.82, 2.24) is 4.98 Å². The molecule has 0 amide bonds. The van der Waals surface area contributed by atoms with Crippen molar-refractivity contribution in [2.45, 2.75) is 13.8 Å². The predicted molar refractivity (Wildman–Crippen MR) is 67.5 cm³/mol. The summed E-state index contributed by atoms with van der Waals surface area (Å²) >= 11 is 0. The molecule has 92 valence electrons. The molecule has 5 nitrogen and oxygen atoms in total. The summed E-state index contributed by atoms with van der Waals surface area (Å²) in [5.41, 5.74) is 2.45. The van der Waals surface area contributed by atoms with Gasteiger partial charge in [-0.1, -0.05) is 6.07 Å². The minimum Gasteiger partial charge on any atom is -0.502 e. The molecule has 0 aliphatic heterocycles. The maximum Gasteiger partial charge on any atom is 0.318 e. The van der Waals surface area contributed by atoms with Crippen LogP contribution in [-0.2, 0) is 0 Å². The fourth-order valence-electron chi connectivity index (χ4n) is 1.86. The molecule has 0 aliphatic rings. The molecular formula is C13H12N2O3. The maximum atomic E-state index is 11.0. The van der Waals surface area contributed by atoms with E-state index in [2.05, 4.69) is 4.98 Å². The van der Waals surface area contributed by atoms with E-state index in [1.54, 1.807) is 24.4 Å². The van der Waals surface area contributed by atoms with Crippen LogP contribution in [0.4, 0.5) is 5.69 Å². The molecule has 1 aromatic carbocycles. The molecule has 1 N–H and O–H groups in total. The fourth-order valence-corrected chi connectivity index (χ4v) is 1.86. The number of pyridine rings is 1. The number of para-hydroxylation sites is 1. The van der Waals surface area contributed by atoms with Crippen LogP contribution in [0, 0.1) is 24.0 Å². The number of aromatic hydroxyl groups is 1. The molecule has 18 heavy (non-hydrogen) atoms. The van der Waals surface area contributed by atoms with Gasteiger partial charge in [-0.05, 0) is 43.2 Å². The molecule has 2 rings (SSSR count). The zero-order valence-corrected chi connectivity index (χ0v) is 10.0. The Morgan fingerprint density at radius 1 is 1.28 bits per heavy atom. The van der Waals surface area contributed by atoms with Crippen molar-refractivity contribution in [2.24, 2.45) is 0 Å². The highest BCUT2D eigenvalue weighted by atomic mass is 16.6. The number of nitro groups is 1. The summed E-state index contributed by atoms with van der Waals surface area (Å²) in [6.07, 6.45) is 1.67. The van der Waals surface area contributed by atoms with Gasteiger partial charge in [-0.15, -0.1) is 0 Å². The number of aromatic nitrogens is 1. The average Bonchev–Trinajstić information content (AvgIpc) is 2.31. The van der Waals surface area contributed by atoms with Gasteiger partial charge in [0.1, 0.15) is 0 Å². The van der Waals surface area contributed by atoms with Gasteiger partial charge < -0.3 is 5.11 Å². The minimum absolute atomic E-state index is 0.272. The zero-order chi connectivity index (χ0) is 13.3. The lowest BCUT2D eigenvalue weighted by molar-refractivity contribution is -0.385. The van der Waals surface area contributed by atoms with Crippen LogP contribution < -0.4 is 0 Å². The number of phenols is 1. The van der Waals surface area contributed by atoms with E-state index in [-0.39, 0.29) is 11.4 Å². The van der Waals surface area contributed by atoms with Gasteiger partial charge in [0.05, 0.1) is 10.5 Å². The molecule has 0 saturated heterocycles. The highest BCUT2D eigenvalue weighted by Gasteiger charge is 2.21. The molecule has 1 heterocycles. The first-order valence-corrected chi connectivity index (χ1v) is 5.40. The third kappa shape index (κ3) is 2.02. The number of aryl methyl sites for hydroxylation is 2. The topological polar surface area (TPSA) is 76.3 Å². The van der Waals surface area contributed by atoms with E-state index in [4.69, 9.17) is 0 Å². The quantitative estimate of drug-likeness (QED) is 0.650. The largest absolute Gasteiger partial charge is 0.502 e. The molecule has 0 bridgehead atoms. The van der Waals surface area contributed by atoms with Crippen LogP contribution in [-0.4, -0.2) is 15.0 Å². The van der Waals surface area contributed by atoms with Crippen molar-refractivity contribution in [3.05, 3.63) is 51.8 Å². The van der Waals surface area contributed by atoms with Crippen molar-refractivity contribution in [1.29, 1.82) is 0 Å². The molecule has 0 saturated carbocycles.